The van der Waals surface area contributed by atoms with Crippen molar-refractivity contribution >= 4 is 46.6 Å². The third kappa shape index (κ3) is 5.99. The SMILES string of the molecule is COc1ccc(-c2cnc(C(=O)Nc3ccc(C(=O)N4CCN(C(=O)[C@@H]5C[C@@H](O)C[N+]5(C)C)CC4)c(Cl)c3)n2C)c(Cl)c1F. The molecule has 3 amide bonds. The topological polar surface area (TPSA) is 117 Å². The maximum Gasteiger partial charge on any atom is 0.291 e. The predicted molar refractivity (Wildman–Crippen MR) is 163 cm³/mol. The van der Waals surface area contributed by atoms with Gasteiger partial charge in [0.2, 0.25) is 0 Å². The molecule has 0 aliphatic carbocycles. The van der Waals surface area contributed by atoms with Gasteiger partial charge in [-0.15, -0.1) is 0 Å². The van der Waals surface area contributed by atoms with Gasteiger partial charge in [-0.2, -0.15) is 0 Å². The third-order valence-electron chi connectivity index (χ3n) is 8.38. The van der Waals surface area contributed by atoms with E-state index in [4.69, 9.17) is 27.9 Å². The number of aromatic nitrogens is 2. The Morgan fingerprint density at radius 2 is 1.77 bits per heavy atom. The van der Waals surface area contributed by atoms with E-state index in [0.29, 0.717) is 60.6 Å². The second-order valence-corrected chi connectivity index (χ2v) is 12.4. The number of ether oxygens (including phenoxy) is 1. The van der Waals surface area contributed by atoms with Crippen molar-refractivity contribution in [1.29, 1.82) is 0 Å². The second-order valence-electron chi connectivity index (χ2n) is 11.6. The molecule has 2 aliphatic rings. The van der Waals surface area contributed by atoms with Crippen LogP contribution >= 0.6 is 23.2 Å². The smallest absolute Gasteiger partial charge is 0.291 e. The molecule has 0 radical (unpaired) electrons. The number of halogens is 3. The molecule has 2 N–H and O–H groups in total. The van der Waals surface area contributed by atoms with Crippen LogP contribution in [0.2, 0.25) is 10.0 Å². The summed E-state index contributed by atoms with van der Waals surface area (Å²) in [5.74, 6) is -1.49. The summed E-state index contributed by atoms with van der Waals surface area (Å²) in [4.78, 5) is 47.1. The van der Waals surface area contributed by atoms with Gasteiger partial charge in [-0.1, -0.05) is 23.2 Å². The summed E-state index contributed by atoms with van der Waals surface area (Å²) in [7, 11) is 6.84. The quantitative estimate of drug-likeness (QED) is 0.397. The van der Waals surface area contributed by atoms with E-state index in [0.717, 1.165) is 0 Å². The third-order valence-corrected chi connectivity index (χ3v) is 9.06. The first-order chi connectivity index (χ1) is 20.8. The van der Waals surface area contributed by atoms with Gasteiger partial charge in [-0.25, -0.2) is 9.37 Å². The van der Waals surface area contributed by atoms with Crippen LogP contribution in [0, 0.1) is 5.82 Å². The van der Waals surface area contributed by atoms with E-state index in [1.807, 2.05) is 14.1 Å². The van der Waals surface area contributed by atoms with Crippen molar-refractivity contribution in [2.75, 3.05) is 59.2 Å². The molecule has 0 spiro atoms. The average molecular weight is 649 g/mol. The molecule has 0 bridgehead atoms. The van der Waals surface area contributed by atoms with Gasteiger partial charge in [0.25, 0.3) is 17.7 Å². The molecule has 234 valence electrons. The van der Waals surface area contributed by atoms with Gasteiger partial charge >= 0.3 is 0 Å². The number of methoxy groups -OCH3 is 1. The highest BCUT2D eigenvalue weighted by molar-refractivity contribution is 6.34. The summed E-state index contributed by atoms with van der Waals surface area (Å²) in [6.07, 6.45) is 1.35. The Hall–Kier alpha value is -3.71. The van der Waals surface area contributed by atoms with Gasteiger partial charge in [0.1, 0.15) is 12.6 Å². The number of quaternary nitrogens is 1. The number of aliphatic hydroxyl groups is 1. The minimum Gasteiger partial charge on any atom is -0.494 e. The number of likely N-dealkylation sites (tertiary alicyclic amines) is 1. The fourth-order valence-corrected chi connectivity index (χ4v) is 6.42. The summed E-state index contributed by atoms with van der Waals surface area (Å²) < 4.78 is 21.4. The second kappa shape index (κ2) is 12.4. The van der Waals surface area contributed by atoms with Crippen molar-refractivity contribution in [2.45, 2.75) is 18.6 Å². The molecule has 5 rings (SSSR count). The monoisotopic (exact) mass is 647 g/mol. The van der Waals surface area contributed by atoms with Crippen molar-refractivity contribution in [3.05, 3.63) is 63.8 Å². The van der Waals surface area contributed by atoms with E-state index in [9.17, 15) is 23.9 Å². The van der Waals surface area contributed by atoms with Crippen LogP contribution < -0.4 is 10.1 Å². The Balaban J connectivity index is 1.22. The number of carbonyl (C=O) groups is 3. The molecular weight excluding hydrogens is 614 g/mol. The highest BCUT2D eigenvalue weighted by Gasteiger charge is 2.46. The first-order valence-electron chi connectivity index (χ1n) is 14.1. The minimum absolute atomic E-state index is 0.000547. The van der Waals surface area contributed by atoms with Gasteiger partial charge in [0, 0.05) is 50.9 Å². The Kier molecular flexibility index (Phi) is 8.90. The number of hydrogen-bond donors (Lipinski definition) is 2. The lowest BCUT2D eigenvalue weighted by molar-refractivity contribution is -0.894. The van der Waals surface area contributed by atoms with Crippen LogP contribution in [-0.2, 0) is 11.8 Å². The predicted octanol–water partition coefficient (Wildman–Crippen LogP) is 3.29. The minimum atomic E-state index is -0.716. The zero-order chi connectivity index (χ0) is 31.9. The van der Waals surface area contributed by atoms with E-state index >= 15 is 0 Å². The maximum atomic E-state index is 14.5. The number of rotatable bonds is 6. The molecule has 2 aromatic carbocycles. The number of benzene rings is 2. The first-order valence-corrected chi connectivity index (χ1v) is 14.8. The number of nitrogens with zero attached hydrogens (tertiary/aromatic N) is 5. The number of piperazine rings is 1. The lowest BCUT2D eigenvalue weighted by Crippen LogP contribution is -2.58. The van der Waals surface area contributed by atoms with E-state index in [1.165, 1.54) is 30.0 Å². The van der Waals surface area contributed by atoms with Crippen molar-refractivity contribution in [3.8, 4) is 17.0 Å². The molecule has 1 aromatic heterocycles. The fraction of sp³-hybridized carbons (Fsp3) is 0.400. The van der Waals surface area contributed by atoms with Gasteiger partial charge in [0.15, 0.2) is 23.4 Å². The molecule has 0 saturated carbocycles. The molecule has 2 saturated heterocycles. The Labute approximate surface area is 264 Å². The molecule has 11 nitrogen and oxygen atoms in total. The van der Waals surface area contributed by atoms with Crippen molar-refractivity contribution in [3.63, 3.8) is 0 Å². The lowest BCUT2D eigenvalue weighted by Gasteiger charge is -2.38. The molecule has 3 heterocycles. The van der Waals surface area contributed by atoms with Gasteiger partial charge in [-0.3, -0.25) is 14.4 Å². The summed E-state index contributed by atoms with van der Waals surface area (Å²) >= 11 is 12.7. The number of hydrogen-bond acceptors (Lipinski definition) is 6. The number of anilines is 1. The summed E-state index contributed by atoms with van der Waals surface area (Å²) in [6, 6.07) is 7.32. The van der Waals surface area contributed by atoms with Crippen LogP contribution in [0.15, 0.2) is 36.5 Å². The van der Waals surface area contributed by atoms with Crippen LogP contribution in [0.25, 0.3) is 11.3 Å². The normalized spacial score (nSPS) is 19.6. The number of carbonyl (C=O) groups excluding carboxylic acids is 3. The summed E-state index contributed by atoms with van der Waals surface area (Å²) in [6.45, 7) is 2.02. The van der Waals surface area contributed by atoms with Gasteiger partial charge < -0.3 is 34.0 Å². The van der Waals surface area contributed by atoms with Crippen LogP contribution in [0.3, 0.4) is 0 Å². The van der Waals surface area contributed by atoms with Gasteiger partial charge in [-0.05, 0) is 30.3 Å². The highest BCUT2D eigenvalue weighted by atomic mass is 35.5. The molecule has 14 heteroatoms. The molecule has 44 heavy (non-hydrogen) atoms. The zero-order valence-electron chi connectivity index (χ0n) is 24.8. The number of likely N-dealkylation sites (N-methyl/N-ethyl adjacent to an activating group) is 1. The number of imidazole rings is 1. The lowest BCUT2D eigenvalue weighted by atomic mass is 10.1. The molecule has 2 atom stereocenters. The number of nitrogens with one attached hydrogen (secondary N) is 1. The Morgan fingerprint density at radius 3 is 2.39 bits per heavy atom. The van der Waals surface area contributed by atoms with Crippen molar-refractivity contribution in [1.82, 2.24) is 19.4 Å². The first kappa shape index (κ1) is 31.7. The molecule has 0 unspecified atom stereocenters. The van der Waals surface area contributed by atoms with Crippen LogP contribution in [0.4, 0.5) is 10.1 Å². The maximum absolute atomic E-state index is 14.5. The van der Waals surface area contributed by atoms with Gasteiger partial charge in [0.05, 0.1) is 48.7 Å². The highest BCUT2D eigenvalue weighted by Crippen LogP contribution is 2.35. The average Bonchev–Trinajstić information content (AvgIpc) is 3.50. The largest absolute Gasteiger partial charge is 0.494 e. The molecule has 2 fully saturated rings. The van der Waals surface area contributed by atoms with E-state index in [2.05, 4.69) is 10.3 Å². The fourth-order valence-electron chi connectivity index (χ4n) is 5.91. The number of amides is 3. The molecular formula is C30H34Cl2FN6O5+. The van der Waals surface area contributed by atoms with Crippen molar-refractivity contribution < 1.29 is 33.1 Å². The van der Waals surface area contributed by atoms with Crippen LogP contribution in [-0.4, -0.2) is 113 Å². The zero-order valence-corrected chi connectivity index (χ0v) is 26.3. The number of aliphatic hydroxyl groups excluding tert-OH is 1. The molecule has 2 aliphatic heterocycles. The summed E-state index contributed by atoms with van der Waals surface area (Å²) in [5.41, 5.74) is 1.39. The summed E-state index contributed by atoms with van der Waals surface area (Å²) in [5, 5.41) is 12.8. The molecule has 3 aromatic rings. The van der Waals surface area contributed by atoms with Crippen LogP contribution in [0.1, 0.15) is 27.4 Å². The van der Waals surface area contributed by atoms with Crippen molar-refractivity contribution in [2.24, 2.45) is 7.05 Å². The Bertz CT molecular complexity index is 1620. The van der Waals surface area contributed by atoms with E-state index < -0.39 is 17.8 Å². The Morgan fingerprint density at radius 1 is 1.09 bits per heavy atom. The standard InChI is InChI=1S/C30H33Cl2FN6O5/c1-36-22(20-7-8-24(44-4)26(33)25(20)32)15-34-27(36)28(41)35-17-5-6-19(21(31)13-17)29(42)37-9-11-38(12-10-37)30(43)23-14-18(40)16-39(23,2)3/h5-8,13,15,18,23,40H,9-12,14,16H2,1-4H3/p+1/t18-,23+/m1/s1. The van der Waals surface area contributed by atoms with E-state index in [-0.39, 0.29) is 45.0 Å². The van der Waals surface area contributed by atoms with E-state index in [1.54, 1.807) is 35.0 Å². The van der Waals surface area contributed by atoms with Crippen LogP contribution in [0.5, 0.6) is 5.75 Å².